The van der Waals surface area contributed by atoms with Crippen LogP contribution in [-0.4, -0.2) is 32.6 Å². The van der Waals surface area contributed by atoms with Gasteiger partial charge in [0.25, 0.3) is 0 Å². The number of hydrogen-bond donors (Lipinski definition) is 2. The molecule has 7 nitrogen and oxygen atoms in total. The predicted molar refractivity (Wildman–Crippen MR) is 111 cm³/mol. The van der Waals surface area contributed by atoms with E-state index in [1.54, 1.807) is 0 Å². The number of nitrogen functional groups attached to an aromatic ring is 1. The number of aromatic nitrogens is 3. The minimum atomic E-state index is 0.0137. The molecule has 0 aliphatic heterocycles. The third kappa shape index (κ3) is 5.19. The molecule has 3 rings (SSSR count). The summed E-state index contributed by atoms with van der Waals surface area (Å²) in [5.41, 5.74) is 2.25. The van der Waals surface area contributed by atoms with Crippen molar-refractivity contribution in [3.05, 3.63) is 35.2 Å². The largest absolute Gasteiger partial charge is 0.485 e. The van der Waals surface area contributed by atoms with Crippen LogP contribution in [0.4, 0.5) is 0 Å². The van der Waals surface area contributed by atoms with Crippen molar-refractivity contribution in [2.45, 2.75) is 64.3 Å². The number of benzene rings is 1. The van der Waals surface area contributed by atoms with Crippen LogP contribution in [0.1, 0.15) is 49.6 Å². The number of nitrogens with one attached hydrogen (secondary N) is 1. The van der Waals surface area contributed by atoms with E-state index in [0.29, 0.717) is 16.9 Å². The summed E-state index contributed by atoms with van der Waals surface area (Å²) in [4.78, 5) is 12.3. The van der Waals surface area contributed by atoms with Crippen LogP contribution in [-0.2, 0) is 11.4 Å². The molecule has 1 aromatic carbocycles. The summed E-state index contributed by atoms with van der Waals surface area (Å²) in [6, 6.07) is 6.28. The molecule has 0 spiro atoms. The van der Waals surface area contributed by atoms with Gasteiger partial charge in [-0.25, -0.2) is 4.68 Å². The third-order valence-corrected chi connectivity index (χ3v) is 6.16. The Labute approximate surface area is 170 Å². The predicted octanol–water partition coefficient (Wildman–Crippen LogP) is 2.97. The summed E-state index contributed by atoms with van der Waals surface area (Å²) >= 11 is 1.29. The zero-order valence-corrected chi connectivity index (χ0v) is 17.6. The average molecular weight is 404 g/mol. The van der Waals surface area contributed by atoms with Crippen LogP contribution in [0.3, 0.4) is 0 Å². The highest BCUT2D eigenvalue weighted by Gasteiger charge is 2.23. The molecule has 0 bridgehead atoms. The number of nitrogens with two attached hydrogens (primary N) is 1. The summed E-state index contributed by atoms with van der Waals surface area (Å²) in [6.45, 7) is 6.47. The summed E-state index contributed by atoms with van der Waals surface area (Å²) in [6.07, 6.45) is 4.68. The van der Waals surface area contributed by atoms with Gasteiger partial charge in [-0.1, -0.05) is 49.2 Å². The molecule has 0 saturated heterocycles. The first-order chi connectivity index (χ1) is 13.4. The fourth-order valence-electron chi connectivity index (χ4n) is 3.52. The number of aryl methyl sites for hydroxylation is 2. The first-order valence-corrected chi connectivity index (χ1v) is 10.7. The lowest BCUT2D eigenvalue weighted by atomic mass is 9.86. The molecule has 1 aromatic heterocycles. The highest BCUT2D eigenvalue weighted by molar-refractivity contribution is 7.99. The van der Waals surface area contributed by atoms with Crippen LogP contribution in [0.15, 0.2) is 23.4 Å². The second-order valence-corrected chi connectivity index (χ2v) is 8.49. The van der Waals surface area contributed by atoms with E-state index in [4.69, 9.17) is 10.6 Å². The van der Waals surface area contributed by atoms with Crippen molar-refractivity contribution in [1.29, 1.82) is 0 Å². The summed E-state index contributed by atoms with van der Waals surface area (Å²) < 4.78 is 7.21. The normalized spacial score (nSPS) is 19.4. The standard InChI is InChI=1S/C20H29N5O2S/c1-13-8-9-17(15(3)10-13)27-11-18-23-24-20(25(18)21)28-12-19(26)22-16-7-5-4-6-14(16)2/h8-10,14,16H,4-7,11-12,21H2,1-3H3,(H,22,26)/t14-,16+/m1/s1. The number of carbonyl (C=O) groups is 1. The number of ether oxygens (including phenoxy) is 1. The van der Waals surface area contributed by atoms with Crippen LogP contribution >= 0.6 is 11.8 Å². The Morgan fingerprint density at radius 3 is 2.86 bits per heavy atom. The van der Waals surface area contributed by atoms with Crippen molar-refractivity contribution in [3.8, 4) is 5.75 Å². The van der Waals surface area contributed by atoms with E-state index in [1.165, 1.54) is 41.3 Å². The first-order valence-electron chi connectivity index (χ1n) is 9.75. The van der Waals surface area contributed by atoms with Crippen molar-refractivity contribution in [3.63, 3.8) is 0 Å². The molecule has 3 N–H and O–H groups in total. The topological polar surface area (TPSA) is 95.1 Å². The fourth-order valence-corrected chi connectivity index (χ4v) is 4.20. The maximum atomic E-state index is 12.3. The third-order valence-electron chi connectivity index (χ3n) is 5.21. The summed E-state index contributed by atoms with van der Waals surface area (Å²) in [5.74, 6) is 8.22. The van der Waals surface area contributed by atoms with Crippen molar-refractivity contribution in [2.24, 2.45) is 5.92 Å². The maximum absolute atomic E-state index is 12.3. The van der Waals surface area contributed by atoms with E-state index in [9.17, 15) is 4.79 Å². The van der Waals surface area contributed by atoms with Crippen LogP contribution in [0.2, 0.25) is 0 Å². The van der Waals surface area contributed by atoms with Crippen LogP contribution < -0.4 is 15.9 Å². The Morgan fingerprint density at radius 2 is 2.11 bits per heavy atom. The summed E-state index contributed by atoms with van der Waals surface area (Å²) in [5, 5.41) is 11.8. The van der Waals surface area contributed by atoms with Crippen molar-refractivity contribution in [2.75, 3.05) is 11.6 Å². The maximum Gasteiger partial charge on any atom is 0.230 e. The number of nitrogens with zero attached hydrogens (tertiary/aromatic N) is 3. The van der Waals surface area contributed by atoms with Gasteiger partial charge in [0, 0.05) is 6.04 Å². The molecule has 1 heterocycles. The molecule has 2 aromatic rings. The molecule has 152 valence electrons. The van der Waals surface area contributed by atoms with Crippen molar-refractivity contribution < 1.29 is 9.53 Å². The highest BCUT2D eigenvalue weighted by atomic mass is 32.2. The molecule has 0 unspecified atom stereocenters. The SMILES string of the molecule is Cc1ccc(OCc2nnc(SCC(=O)N[C@H]3CCCC[C@H]3C)n2N)c(C)c1. The Morgan fingerprint density at radius 1 is 1.32 bits per heavy atom. The molecule has 1 fully saturated rings. The van der Waals surface area contributed by atoms with Crippen molar-refractivity contribution >= 4 is 17.7 Å². The Hall–Kier alpha value is -2.22. The van der Waals surface area contributed by atoms with Gasteiger partial charge in [0.15, 0.2) is 5.82 Å². The number of thioether (sulfide) groups is 1. The van der Waals surface area contributed by atoms with E-state index >= 15 is 0 Å². The van der Waals surface area contributed by atoms with Gasteiger partial charge in [-0.3, -0.25) is 4.79 Å². The lowest BCUT2D eigenvalue weighted by Gasteiger charge is -2.29. The molecule has 2 atom stereocenters. The van der Waals surface area contributed by atoms with Crippen LogP contribution in [0.25, 0.3) is 0 Å². The van der Waals surface area contributed by atoms with Crippen molar-refractivity contribution in [1.82, 2.24) is 20.2 Å². The first kappa shape index (κ1) is 20.5. The Bertz CT molecular complexity index is 823. The average Bonchev–Trinajstić information content (AvgIpc) is 3.01. The van der Waals surface area contributed by atoms with E-state index in [-0.39, 0.29) is 24.3 Å². The second kappa shape index (κ2) is 9.32. The van der Waals surface area contributed by atoms with Gasteiger partial charge in [-0.2, -0.15) is 0 Å². The number of rotatable bonds is 7. The zero-order chi connectivity index (χ0) is 20.1. The van der Waals surface area contributed by atoms with Crippen LogP contribution in [0, 0.1) is 19.8 Å². The van der Waals surface area contributed by atoms with Gasteiger partial charge in [-0.15, -0.1) is 10.2 Å². The minimum Gasteiger partial charge on any atom is -0.485 e. The Balaban J connectivity index is 1.50. The molecule has 1 aliphatic carbocycles. The van der Waals surface area contributed by atoms with Gasteiger partial charge < -0.3 is 15.9 Å². The highest BCUT2D eigenvalue weighted by Crippen LogP contribution is 2.24. The molecule has 0 radical (unpaired) electrons. The number of amides is 1. The number of carbonyl (C=O) groups excluding carboxylic acids is 1. The quantitative estimate of drug-likeness (QED) is 0.545. The summed E-state index contributed by atoms with van der Waals surface area (Å²) in [7, 11) is 0. The molecule has 1 amide bonds. The lowest BCUT2D eigenvalue weighted by Crippen LogP contribution is -2.41. The van der Waals surface area contributed by atoms with Crippen LogP contribution in [0.5, 0.6) is 5.75 Å². The zero-order valence-electron chi connectivity index (χ0n) is 16.8. The monoisotopic (exact) mass is 403 g/mol. The fraction of sp³-hybridized carbons (Fsp3) is 0.550. The van der Waals surface area contributed by atoms with Gasteiger partial charge in [0.05, 0.1) is 5.75 Å². The smallest absolute Gasteiger partial charge is 0.230 e. The van der Waals surface area contributed by atoms with Gasteiger partial charge >= 0.3 is 0 Å². The van der Waals surface area contributed by atoms with E-state index in [0.717, 1.165) is 17.7 Å². The van der Waals surface area contributed by atoms with E-state index in [2.05, 4.69) is 28.5 Å². The van der Waals surface area contributed by atoms with E-state index in [1.807, 2.05) is 26.0 Å². The lowest BCUT2D eigenvalue weighted by molar-refractivity contribution is -0.119. The van der Waals surface area contributed by atoms with E-state index < -0.39 is 0 Å². The minimum absolute atomic E-state index is 0.0137. The molecule has 1 aliphatic rings. The number of hydrogen-bond acceptors (Lipinski definition) is 6. The van der Waals surface area contributed by atoms with Gasteiger partial charge in [0.2, 0.25) is 11.1 Å². The molecular formula is C20H29N5O2S. The van der Waals surface area contributed by atoms with Gasteiger partial charge in [0.1, 0.15) is 12.4 Å². The molecule has 28 heavy (non-hydrogen) atoms. The molecule has 8 heteroatoms. The Kier molecular flexibility index (Phi) is 6.83. The van der Waals surface area contributed by atoms with Gasteiger partial charge in [-0.05, 0) is 44.2 Å². The second-order valence-electron chi connectivity index (χ2n) is 7.55. The molecular weight excluding hydrogens is 374 g/mol. The molecule has 1 saturated carbocycles.